The van der Waals surface area contributed by atoms with Gasteiger partial charge >= 0.3 is 0 Å². The van der Waals surface area contributed by atoms with E-state index in [2.05, 4.69) is 38.7 Å². The molecule has 0 radical (unpaired) electrons. The number of hydrogen-bond acceptors (Lipinski definition) is 2. The Morgan fingerprint density at radius 1 is 1.11 bits per heavy atom. The number of carbonyl (C=O) groups excluding carboxylic acids is 2. The van der Waals surface area contributed by atoms with Crippen LogP contribution >= 0.6 is 0 Å². The average molecular weight is 280 g/mol. The smallest absolute Gasteiger partial charge is 0.158 e. The molecule has 0 spiro atoms. The molecule has 0 bridgehead atoms. The maximum atomic E-state index is 11.9. The minimum absolute atomic E-state index is 0.00497. The van der Waals surface area contributed by atoms with Crippen molar-refractivity contribution in [1.29, 1.82) is 0 Å². The van der Waals surface area contributed by atoms with E-state index in [4.69, 9.17) is 0 Å². The van der Waals surface area contributed by atoms with Crippen LogP contribution < -0.4 is 0 Å². The van der Waals surface area contributed by atoms with Crippen molar-refractivity contribution in [1.82, 2.24) is 0 Å². The lowest BCUT2D eigenvalue weighted by Crippen LogP contribution is -2.18. The maximum absolute atomic E-state index is 11.9. The van der Waals surface area contributed by atoms with E-state index in [1.165, 1.54) is 0 Å². The van der Waals surface area contributed by atoms with Crippen molar-refractivity contribution in [2.45, 2.75) is 52.4 Å². The molecule has 0 aliphatic carbocycles. The lowest BCUT2D eigenvalue weighted by Gasteiger charge is -2.15. The van der Waals surface area contributed by atoms with E-state index in [9.17, 15) is 9.59 Å². The molecule has 0 saturated heterocycles. The molecule has 0 aromatic rings. The number of aldehydes is 1. The fraction of sp³-hybridized carbons (Fsp3) is 0.625. The van der Waals surface area contributed by atoms with E-state index in [1.807, 2.05) is 6.92 Å². The lowest BCUT2D eigenvalue weighted by molar-refractivity contribution is -0.118. The Bertz CT molecular complexity index is 337. The molecule has 3 heteroatoms. The number of carbonyl (C=O) groups is 2. The second-order valence-electron chi connectivity index (χ2n) is 6.39. The van der Waals surface area contributed by atoms with Crippen molar-refractivity contribution in [2.24, 2.45) is 11.8 Å². The first-order valence-corrected chi connectivity index (χ1v) is 10.8. The maximum Gasteiger partial charge on any atom is 0.158 e. The van der Waals surface area contributed by atoms with Gasteiger partial charge in [0.1, 0.15) is 6.29 Å². The third-order valence-corrected chi connectivity index (χ3v) is 4.60. The fourth-order valence-corrected chi connectivity index (χ4v) is 2.42. The van der Waals surface area contributed by atoms with E-state index in [0.29, 0.717) is 12.8 Å². The third-order valence-electron chi connectivity index (χ3n) is 3.14. The fourth-order valence-electron chi connectivity index (χ4n) is 1.58. The van der Waals surface area contributed by atoms with Crippen molar-refractivity contribution in [2.75, 3.05) is 0 Å². The van der Waals surface area contributed by atoms with Gasteiger partial charge in [0.05, 0.1) is 0 Å². The number of hydrogen-bond donors (Lipinski definition) is 0. The lowest BCUT2D eigenvalue weighted by atomic mass is 9.91. The van der Waals surface area contributed by atoms with Crippen molar-refractivity contribution in [3.63, 3.8) is 0 Å². The molecule has 0 N–H and O–H groups in total. The molecule has 0 aliphatic rings. The van der Waals surface area contributed by atoms with Gasteiger partial charge in [0, 0.05) is 20.4 Å². The first-order valence-electron chi connectivity index (χ1n) is 7.08. The van der Waals surface area contributed by atoms with Crippen LogP contribution in [0.15, 0.2) is 24.3 Å². The van der Waals surface area contributed by atoms with Crippen molar-refractivity contribution >= 4 is 20.1 Å². The van der Waals surface area contributed by atoms with Gasteiger partial charge in [-0.3, -0.25) is 4.79 Å². The minimum Gasteiger partial charge on any atom is -0.303 e. The van der Waals surface area contributed by atoms with Crippen LogP contribution in [0.3, 0.4) is 0 Å². The molecule has 0 amide bonds. The zero-order valence-electron chi connectivity index (χ0n) is 13.0. The number of ketones is 1. The van der Waals surface area contributed by atoms with Crippen LogP contribution in [0.4, 0.5) is 0 Å². The quantitative estimate of drug-likeness (QED) is 0.208. The predicted octanol–water partition coefficient (Wildman–Crippen LogP) is 4.26. The summed E-state index contributed by atoms with van der Waals surface area (Å²) in [5.74, 6) is 0.418. The van der Waals surface area contributed by atoms with Gasteiger partial charge in [-0.25, -0.2) is 0 Å². The van der Waals surface area contributed by atoms with Crippen LogP contribution in [0.25, 0.3) is 0 Å². The summed E-state index contributed by atoms with van der Waals surface area (Å²) in [6.45, 7) is 11.1. The zero-order valence-corrected chi connectivity index (χ0v) is 14.0. The minimum atomic E-state index is -1.03. The van der Waals surface area contributed by atoms with E-state index in [1.54, 1.807) is 12.2 Å². The summed E-state index contributed by atoms with van der Waals surface area (Å²) in [5, 5.41) is 0. The molecule has 2 atom stereocenters. The topological polar surface area (TPSA) is 34.1 Å². The molecule has 0 unspecified atom stereocenters. The molecule has 0 fully saturated rings. The molecule has 0 saturated carbocycles. The summed E-state index contributed by atoms with van der Waals surface area (Å²) in [6, 6.07) is 1.16. The highest BCUT2D eigenvalue weighted by Gasteiger charge is 2.16. The Morgan fingerprint density at radius 3 is 2.26 bits per heavy atom. The summed E-state index contributed by atoms with van der Waals surface area (Å²) in [7, 11) is -1.03. The predicted molar refractivity (Wildman–Crippen MR) is 85.1 cm³/mol. The Morgan fingerprint density at radius 2 is 1.74 bits per heavy atom. The first-order chi connectivity index (χ1) is 8.78. The molecule has 0 heterocycles. The van der Waals surface area contributed by atoms with Crippen LogP contribution in [0, 0.1) is 11.8 Å². The van der Waals surface area contributed by atoms with Crippen LogP contribution in [0.2, 0.25) is 25.7 Å². The second-order valence-corrected chi connectivity index (χ2v) is 11.9. The van der Waals surface area contributed by atoms with Crippen molar-refractivity contribution in [3.8, 4) is 0 Å². The van der Waals surface area contributed by atoms with E-state index < -0.39 is 8.07 Å². The molecule has 108 valence electrons. The SMILES string of the molecule is C[C@H](/C=C/C[Si](C)(C)C)[C@H](C)C(=O)/C=C/CCC=O. The number of unbranched alkanes of at least 4 members (excludes halogenated alkanes) is 1. The Hall–Kier alpha value is -0.963. The van der Waals surface area contributed by atoms with Crippen molar-refractivity contribution in [3.05, 3.63) is 24.3 Å². The van der Waals surface area contributed by atoms with Crippen LogP contribution in [0.5, 0.6) is 0 Å². The summed E-state index contributed by atoms with van der Waals surface area (Å²) < 4.78 is 0. The molecule has 0 aromatic heterocycles. The molecule has 0 aliphatic heterocycles. The van der Waals surface area contributed by atoms with Gasteiger partial charge in [-0.15, -0.1) is 0 Å². The largest absolute Gasteiger partial charge is 0.303 e. The van der Waals surface area contributed by atoms with Crippen molar-refractivity contribution < 1.29 is 9.59 Å². The van der Waals surface area contributed by atoms with Gasteiger partial charge in [0.25, 0.3) is 0 Å². The average Bonchev–Trinajstić information content (AvgIpc) is 2.31. The molecule has 2 nitrogen and oxygen atoms in total. The van der Waals surface area contributed by atoms with Gasteiger partial charge in [-0.2, -0.15) is 0 Å². The first kappa shape index (κ1) is 18.0. The van der Waals surface area contributed by atoms with E-state index >= 15 is 0 Å². The van der Waals surface area contributed by atoms with Gasteiger partial charge in [0.2, 0.25) is 0 Å². The molecule has 0 aromatic carbocycles. The van der Waals surface area contributed by atoms with Gasteiger partial charge in [-0.1, -0.05) is 51.7 Å². The van der Waals surface area contributed by atoms with E-state index in [0.717, 1.165) is 12.3 Å². The summed E-state index contributed by atoms with van der Waals surface area (Å²) in [4.78, 5) is 22.1. The molecular weight excluding hydrogens is 252 g/mol. The number of allylic oxidation sites excluding steroid dienone is 4. The zero-order chi connectivity index (χ0) is 14.9. The third kappa shape index (κ3) is 9.60. The van der Waals surface area contributed by atoms with Gasteiger partial charge in [-0.05, 0) is 24.5 Å². The standard InChI is InChI=1S/C16H28O2Si/c1-14(10-9-13-19(3,4)5)15(2)16(18)11-7-6-8-12-17/h7,9-12,14-15H,6,8,13H2,1-5H3/b10-9+,11-7+/t14-,15+/m1/s1. The summed E-state index contributed by atoms with van der Waals surface area (Å²) in [5.41, 5.74) is 0. The highest BCUT2D eigenvalue weighted by atomic mass is 28.3. The number of rotatable bonds is 9. The highest BCUT2D eigenvalue weighted by Crippen LogP contribution is 2.16. The van der Waals surface area contributed by atoms with Gasteiger partial charge < -0.3 is 4.79 Å². The Balaban J connectivity index is 4.24. The van der Waals surface area contributed by atoms with Crippen LogP contribution in [-0.4, -0.2) is 20.1 Å². The Labute approximate surface area is 119 Å². The Kier molecular flexibility index (Phi) is 8.57. The van der Waals surface area contributed by atoms with E-state index in [-0.39, 0.29) is 17.6 Å². The molecule has 0 rings (SSSR count). The highest BCUT2D eigenvalue weighted by molar-refractivity contribution is 6.76. The second kappa shape index (κ2) is 9.02. The molecular formula is C16H28O2Si. The summed E-state index contributed by atoms with van der Waals surface area (Å²) in [6.07, 6.45) is 9.84. The normalized spacial score (nSPS) is 15.8. The summed E-state index contributed by atoms with van der Waals surface area (Å²) >= 11 is 0. The van der Waals surface area contributed by atoms with Gasteiger partial charge in [0.15, 0.2) is 5.78 Å². The van der Waals surface area contributed by atoms with Crippen LogP contribution in [0.1, 0.15) is 26.7 Å². The monoisotopic (exact) mass is 280 g/mol. The van der Waals surface area contributed by atoms with Crippen LogP contribution in [-0.2, 0) is 9.59 Å². The molecule has 19 heavy (non-hydrogen) atoms.